The first-order valence-electron chi connectivity index (χ1n) is 7.58. The number of amides is 1. The summed E-state index contributed by atoms with van der Waals surface area (Å²) in [7, 11) is 0. The molecule has 1 aliphatic heterocycles. The second-order valence-corrected chi connectivity index (χ2v) is 7.03. The SMILES string of the molecule is CC1CCN(C(=S)NC(=O)C(C)Oc2ccc(Cl)cc2Cl)CC1. The van der Waals surface area contributed by atoms with Gasteiger partial charge in [0.2, 0.25) is 0 Å². The molecule has 0 spiro atoms. The van der Waals surface area contributed by atoms with Crippen molar-refractivity contribution in [2.45, 2.75) is 32.8 Å². The van der Waals surface area contributed by atoms with Gasteiger partial charge in [0.15, 0.2) is 11.2 Å². The van der Waals surface area contributed by atoms with E-state index < -0.39 is 6.10 Å². The van der Waals surface area contributed by atoms with Crippen LogP contribution in [0.3, 0.4) is 0 Å². The number of hydrogen-bond donors (Lipinski definition) is 1. The molecule has 0 radical (unpaired) electrons. The van der Waals surface area contributed by atoms with Gasteiger partial charge in [-0.25, -0.2) is 0 Å². The fourth-order valence-electron chi connectivity index (χ4n) is 2.31. The number of carbonyl (C=O) groups excluding carboxylic acids is 1. The van der Waals surface area contributed by atoms with Gasteiger partial charge in [-0.3, -0.25) is 10.1 Å². The van der Waals surface area contributed by atoms with E-state index in [1.165, 1.54) is 0 Å². The maximum atomic E-state index is 12.2. The largest absolute Gasteiger partial charge is 0.479 e. The third-order valence-corrected chi connectivity index (χ3v) is 4.76. The van der Waals surface area contributed by atoms with Crippen molar-refractivity contribution < 1.29 is 9.53 Å². The second-order valence-electron chi connectivity index (χ2n) is 5.80. The van der Waals surface area contributed by atoms with E-state index >= 15 is 0 Å². The molecule has 1 atom stereocenters. The lowest BCUT2D eigenvalue weighted by Gasteiger charge is -2.32. The zero-order chi connectivity index (χ0) is 17.0. The minimum atomic E-state index is -0.713. The first-order valence-corrected chi connectivity index (χ1v) is 8.74. The van der Waals surface area contributed by atoms with Crippen molar-refractivity contribution in [3.63, 3.8) is 0 Å². The Hall–Kier alpha value is -1.04. The lowest BCUT2D eigenvalue weighted by molar-refractivity contribution is -0.125. The molecule has 1 aromatic carbocycles. The molecule has 1 aromatic rings. The summed E-state index contributed by atoms with van der Waals surface area (Å²) in [5, 5.41) is 4.08. The second kappa shape index (κ2) is 8.18. The van der Waals surface area contributed by atoms with Gasteiger partial charge in [0.1, 0.15) is 5.75 Å². The summed E-state index contributed by atoms with van der Waals surface area (Å²) < 4.78 is 5.59. The van der Waals surface area contributed by atoms with Crippen LogP contribution in [-0.2, 0) is 4.79 Å². The van der Waals surface area contributed by atoms with Gasteiger partial charge < -0.3 is 9.64 Å². The van der Waals surface area contributed by atoms with Gasteiger partial charge in [-0.05, 0) is 56.1 Å². The lowest BCUT2D eigenvalue weighted by atomic mass is 10.00. The van der Waals surface area contributed by atoms with Crippen LogP contribution in [0.5, 0.6) is 5.75 Å². The first-order chi connectivity index (χ1) is 10.9. The van der Waals surface area contributed by atoms with E-state index in [0.717, 1.165) is 25.9 Å². The van der Waals surface area contributed by atoms with Crippen molar-refractivity contribution in [3.8, 4) is 5.75 Å². The number of piperidine rings is 1. The van der Waals surface area contributed by atoms with E-state index in [0.29, 0.717) is 26.8 Å². The molecule has 1 amide bonds. The summed E-state index contributed by atoms with van der Waals surface area (Å²) in [4.78, 5) is 14.2. The summed E-state index contributed by atoms with van der Waals surface area (Å²) in [5.41, 5.74) is 0. The number of halogens is 2. The Labute approximate surface area is 152 Å². The van der Waals surface area contributed by atoms with Gasteiger partial charge in [-0.15, -0.1) is 0 Å². The van der Waals surface area contributed by atoms with Crippen LogP contribution in [0.15, 0.2) is 18.2 Å². The average Bonchev–Trinajstić information content (AvgIpc) is 2.50. The molecule has 0 aromatic heterocycles. The monoisotopic (exact) mass is 374 g/mol. The number of hydrogen-bond acceptors (Lipinski definition) is 3. The molecule has 1 aliphatic rings. The zero-order valence-electron chi connectivity index (χ0n) is 13.1. The third-order valence-electron chi connectivity index (χ3n) is 3.87. The van der Waals surface area contributed by atoms with Gasteiger partial charge in [-0.2, -0.15) is 0 Å². The molecule has 7 heteroatoms. The van der Waals surface area contributed by atoms with Crippen LogP contribution in [0.25, 0.3) is 0 Å². The first kappa shape index (κ1) is 18.3. The summed E-state index contributed by atoms with van der Waals surface area (Å²) in [6.07, 6.45) is 1.46. The minimum absolute atomic E-state index is 0.292. The minimum Gasteiger partial charge on any atom is -0.479 e. The van der Waals surface area contributed by atoms with E-state index in [1.54, 1.807) is 25.1 Å². The average molecular weight is 375 g/mol. The predicted molar refractivity (Wildman–Crippen MR) is 97.3 cm³/mol. The van der Waals surface area contributed by atoms with Gasteiger partial charge in [0, 0.05) is 18.1 Å². The Morgan fingerprint density at radius 3 is 2.65 bits per heavy atom. The molecule has 2 rings (SSSR count). The Balaban J connectivity index is 1.88. The van der Waals surface area contributed by atoms with Gasteiger partial charge in [0.05, 0.1) is 5.02 Å². The van der Waals surface area contributed by atoms with Crippen LogP contribution in [0.4, 0.5) is 0 Å². The van der Waals surface area contributed by atoms with Crippen molar-refractivity contribution in [2.75, 3.05) is 13.1 Å². The number of nitrogens with zero attached hydrogens (tertiary/aromatic N) is 1. The zero-order valence-corrected chi connectivity index (χ0v) is 15.5. The molecule has 126 valence electrons. The fourth-order valence-corrected chi connectivity index (χ4v) is 3.05. The van der Waals surface area contributed by atoms with Crippen LogP contribution in [0.1, 0.15) is 26.7 Å². The Bertz CT molecular complexity index is 589. The molecule has 1 saturated heterocycles. The molecule has 1 fully saturated rings. The van der Waals surface area contributed by atoms with Crippen LogP contribution in [-0.4, -0.2) is 35.1 Å². The number of nitrogens with one attached hydrogen (secondary N) is 1. The molecule has 4 nitrogen and oxygen atoms in total. The highest BCUT2D eigenvalue weighted by Crippen LogP contribution is 2.28. The molecule has 23 heavy (non-hydrogen) atoms. The standard InChI is InChI=1S/C16H20Cl2N2O2S/c1-10-5-7-20(8-6-10)16(23)19-15(21)11(2)22-14-4-3-12(17)9-13(14)18/h3-4,9-11H,5-8H2,1-2H3,(H,19,21,23). The van der Waals surface area contributed by atoms with Crippen molar-refractivity contribution >= 4 is 46.4 Å². The number of carbonyl (C=O) groups is 1. The Kier molecular flexibility index (Phi) is 6.50. The van der Waals surface area contributed by atoms with Crippen molar-refractivity contribution in [3.05, 3.63) is 28.2 Å². The summed E-state index contributed by atoms with van der Waals surface area (Å²) in [6.45, 7) is 5.63. The molecule has 0 bridgehead atoms. The topological polar surface area (TPSA) is 41.6 Å². The lowest BCUT2D eigenvalue weighted by Crippen LogP contribution is -2.49. The Morgan fingerprint density at radius 1 is 1.39 bits per heavy atom. The number of ether oxygens (including phenoxy) is 1. The molecular weight excluding hydrogens is 355 g/mol. The Morgan fingerprint density at radius 2 is 2.04 bits per heavy atom. The van der Waals surface area contributed by atoms with E-state index in [-0.39, 0.29) is 5.91 Å². The third kappa shape index (κ3) is 5.23. The number of likely N-dealkylation sites (tertiary alicyclic amines) is 1. The summed E-state index contributed by atoms with van der Waals surface area (Å²) in [5.74, 6) is 0.829. The molecule has 0 aliphatic carbocycles. The maximum absolute atomic E-state index is 12.2. The molecule has 0 saturated carbocycles. The van der Waals surface area contributed by atoms with Crippen molar-refractivity contribution in [1.29, 1.82) is 0 Å². The highest BCUT2D eigenvalue weighted by atomic mass is 35.5. The van der Waals surface area contributed by atoms with Crippen molar-refractivity contribution in [1.82, 2.24) is 10.2 Å². The predicted octanol–water partition coefficient (Wildman–Crippen LogP) is 3.89. The quantitative estimate of drug-likeness (QED) is 0.814. The highest BCUT2D eigenvalue weighted by Gasteiger charge is 2.22. The van der Waals surface area contributed by atoms with Crippen LogP contribution in [0, 0.1) is 5.92 Å². The van der Waals surface area contributed by atoms with Gasteiger partial charge >= 0.3 is 0 Å². The number of thiocarbonyl (C=S) groups is 1. The smallest absolute Gasteiger partial charge is 0.266 e. The highest BCUT2D eigenvalue weighted by molar-refractivity contribution is 7.80. The van der Waals surface area contributed by atoms with Crippen molar-refractivity contribution in [2.24, 2.45) is 5.92 Å². The molecular formula is C16H20Cl2N2O2S. The van der Waals surface area contributed by atoms with Crippen LogP contribution >= 0.6 is 35.4 Å². The number of rotatable bonds is 3. The van der Waals surface area contributed by atoms with E-state index in [9.17, 15) is 4.79 Å². The van der Waals surface area contributed by atoms with E-state index in [4.69, 9.17) is 40.2 Å². The van der Waals surface area contributed by atoms with Gasteiger partial charge in [0.25, 0.3) is 5.91 Å². The molecule has 1 N–H and O–H groups in total. The molecule has 1 unspecified atom stereocenters. The maximum Gasteiger partial charge on any atom is 0.266 e. The van der Waals surface area contributed by atoms with Crippen LogP contribution < -0.4 is 10.1 Å². The fraction of sp³-hybridized carbons (Fsp3) is 0.500. The van der Waals surface area contributed by atoms with Crippen LogP contribution in [0.2, 0.25) is 10.0 Å². The molecule has 1 heterocycles. The number of benzene rings is 1. The van der Waals surface area contributed by atoms with E-state index in [1.807, 2.05) is 4.90 Å². The summed E-state index contributed by atoms with van der Waals surface area (Å²) >= 11 is 17.2. The normalized spacial score (nSPS) is 16.8. The van der Waals surface area contributed by atoms with Gasteiger partial charge in [-0.1, -0.05) is 30.1 Å². The summed E-state index contributed by atoms with van der Waals surface area (Å²) in [6, 6.07) is 4.87. The van der Waals surface area contributed by atoms with E-state index in [2.05, 4.69) is 12.2 Å².